The lowest BCUT2D eigenvalue weighted by Crippen LogP contribution is -2.38. The molecule has 0 saturated carbocycles. The van der Waals surface area contributed by atoms with Gasteiger partial charge in [0.05, 0.1) is 6.54 Å². The molecule has 1 atom stereocenters. The van der Waals surface area contributed by atoms with E-state index in [2.05, 4.69) is 11.4 Å². The van der Waals surface area contributed by atoms with E-state index < -0.39 is 6.10 Å². The molecule has 25 heavy (non-hydrogen) atoms. The summed E-state index contributed by atoms with van der Waals surface area (Å²) in [6, 6.07) is 12.1. The van der Waals surface area contributed by atoms with Gasteiger partial charge in [0.25, 0.3) is 5.91 Å². The van der Waals surface area contributed by atoms with E-state index in [-0.39, 0.29) is 5.91 Å². The van der Waals surface area contributed by atoms with E-state index >= 15 is 0 Å². The molecule has 0 aliphatic rings. The third-order valence-electron chi connectivity index (χ3n) is 4.02. The number of carbonyl (C=O) groups excluding carboxylic acids is 1. The zero-order chi connectivity index (χ0) is 18.4. The number of carbonyl (C=O) groups is 1. The van der Waals surface area contributed by atoms with Gasteiger partial charge in [-0.3, -0.25) is 4.79 Å². The number of nitrogens with one attached hydrogen (secondary N) is 1. The van der Waals surface area contributed by atoms with Crippen molar-refractivity contribution in [1.82, 2.24) is 5.32 Å². The molecule has 0 aromatic heterocycles. The summed E-state index contributed by atoms with van der Waals surface area (Å²) >= 11 is 0. The highest BCUT2D eigenvalue weighted by atomic mass is 16.5. The van der Waals surface area contributed by atoms with Crippen LogP contribution in [-0.2, 0) is 4.79 Å². The normalized spacial score (nSPS) is 11.7. The Morgan fingerprint density at radius 3 is 2.16 bits per heavy atom. The maximum absolute atomic E-state index is 12.2. The predicted octanol–water partition coefficient (Wildman–Crippen LogP) is 3.88. The SMILES string of the molecule is Cc1ccc(C)c(OCCNC(=O)[C@@H](C)Oc2cc(C)ccc2C)c1. The van der Waals surface area contributed by atoms with Crippen LogP contribution in [0.15, 0.2) is 36.4 Å². The van der Waals surface area contributed by atoms with Crippen LogP contribution >= 0.6 is 0 Å². The summed E-state index contributed by atoms with van der Waals surface area (Å²) in [7, 11) is 0. The summed E-state index contributed by atoms with van der Waals surface area (Å²) in [5, 5.41) is 2.85. The molecule has 0 unspecified atom stereocenters. The fraction of sp³-hybridized carbons (Fsp3) is 0.381. The smallest absolute Gasteiger partial charge is 0.260 e. The summed E-state index contributed by atoms with van der Waals surface area (Å²) in [5.41, 5.74) is 4.36. The van der Waals surface area contributed by atoms with Crippen LogP contribution < -0.4 is 14.8 Å². The van der Waals surface area contributed by atoms with E-state index in [1.165, 1.54) is 0 Å². The predicted molar refractivity (Wildman–Crippen MR) is 100 cm³/mol. The van der Waals surface area contributed by atoms with Crippen molar-refractivity contribution in [3.05, 3.63) is 58.7 Å². The minimum absolute atomic E-state index is 0.148. The molecule has 2 aromatic rings. The summed E-state index contributed by atoms with van der Waals surface area (Å²) in [6.45, 7) is 10.6. The minimum atomic E-state index is -0.554. The topological polar surface area (TPSA) is 47.6 Å². The van der Waals surface area contributed by atoms with Crippen molar-refractivity contribution in [2.24, 2.45) is 0 Å². The van der Waals surface area contributed by atoms with E-state index in [4.69, 9.17) is 9.47 Å². The Morgan fingerprint density at radius 1 is 0.960 bits per heavy atom. The van der Waals surface area contributed by atoms with Crippen LogP contribution in [0.2, 0.25) is 0 Å². The molecule has 134 valence electrons. The highest BCUT2D eigenvalue weighted by Crippen LogP contribution is 2.20. The van der Waals surface area contributed by atoms with Crippen LogP contribution in [0, 0.1) is 27.7 Å². The molecule has 0 spiro atoms. The number of aryl methyl sites for hydroxylation is 4. The Bertz CT molecular complexity index is 740. The van der Waals surface area contributed by atoms with Gasteiger partial charge in [-0.1, -0.05) is 24.3 Å². The molecule has 2 rings (SSSR count). The molecular weight excluding hydrogens is 314 g/mol. The summed E-state index contributed by atoms with van der Waals surface area (Å²) in [6.07, 6.45) is -0.554. The van der Waals surface area contributed by atoms with Gasteiger partial charge in [-0.15, -0.1) is 0 Å². The van der Waals surface area contributed by atoms with Crippen LogP contribution in [0.3, 0.4) is 0 Å². The highest BCUT2D eigenvalue weighted by Gasteiger charge is 2.15. The number of rotatable bonds is 7. The number of amides is 1. The largest absolute Gasteiger partial charge is 0.491 e. The third kappa shape index (κ3) is 5.52. The van der Waals surface area contributed by atoms with Crippen molar-refractivity contribution in [1.29, 1.82) is 0 Å². The monoisotopic (exact) mass is 341 g/mol. The molecule has 0 heterocycles. The average molecular weight is 341 g/mol. The molecule has 2 aromatic carbocycles. The molecule has 1 amide bonds. The summed E-state index contributed by atoms with van der Waals surface area (Å²) < 4.78 is 11.5. The lowest BCUT2D eigenvalue weighted by molar-refractivity contribution is -0.127. The first-order valence-corrected chi connectivity index (χ1v) is 8.58. The maximum Gasteiger partial charge on any atom is 0.260 e. The minimum Gasteiger partial charge on any atom is -0.491 e. The van der Waals surface area contributed by atoms with Gasteiger partial charge in [-0.05, 0) is 69.0 Å². The van der Waals surface area contributed by atoms with Gasteiger partial charge in [0.15, 0.2) is 6.10 Å². The molecule has 0 aliphatic heterocycles. The Morgan fingerprint density at radius 2 is 1.52 bits per heavy atom. The quantitative estimate of drug-likeness (QED) is 0.778. The number of ether oxygens (including phenoxy) is 2. The lowest BCUT2D eigenvalue weighted by atomic mass is 10.1. The fourth-order valence-electron chi connectivity index (χ4n) is 2.42. The molecular formula is C21H27NO3. The zero-order valence-corrected chi connectivity index (χ0v) is 15.7. The fourth-order valence-corrected chi connectivity index (χ4v) is 2.42. The Kier molecular flexibility index (Phi) is 6.45. The average Bonchev–Trinajstić information content (AvgIpc) is 2.57. The first-order valence-electron chi connectivity index (χ1n) is 8.58. The molecule has 4 nitrogen and oxygen atoms in total. The molecule has 4 heteroatoms. The second-order valence-electron chi connectivity index (χ2n) is 6.44. The Labute approximate surface area is 150 Å². The van der Waals surface area contributed by atoms with Crippen molar-refractivity contribution in [2.45, 2.75) is 40.7 Å². The van der Waals surface area contributed by atoms with E-state index in [9.17, 15) is 4.79 Å². The molecule has 1 N–H and O–H groups in total. The molecule has 0 fully saturated rings. The summed E-state index contributed by atoms with van der Waals surface area (Å²) in [5.74, 6) is 1.45. The van der Waals surface area contributed by atoms with E-state index in [0.717, 1.165) is 33.8 Å². The first-order chi connectivity index (χ1) is 11.9. The maximum atomic E-state index is 12.2. The van der Waals surface area contributed by atoms with Crippen molar-refractivity contribution in [3.8, 4) is 11.5 Å². The van der Waals surface area contributed by atoms with E-state index in [0.29, 0.717) is 13.2 Å². The van der Waals surface area contributed by atoms with Crippen LogP contribution in [0.1, 0.15) is 29.2 Å². The van der Waals surface area contributed by atoms with Gasteiger partial charge in [0.1, 0.15) is 18.1 Å². The van der Waals surface area contributed by atoms with Crippen molar-refractivity contribution < 1.29 is 14.3 Å². The molecule has 0 radical (unpaired) electrons. The Balaban J connectivity index is 1.79. The van der Waals surface area contributed by atoms with Gasteiger partial charge < -0.3 is 14.8 Å². The summed E-state index contributed by atoms with van der Waals surface area (Å²) in [4.78, 5) is 12.2. The van der Waals surface area contributed by atoms with Crippen LogP contribution in [0.4, 0.5) is 0 Å². The van der Waals surface area contributed by atoms with Gasteiger partial charge in [0, 0.05) is 0 Å². The third-order valence-corrected chi connectivity index (χ3v) is 4.02. The molecule has 0 saturated heterocycles. The van der Waals surface area contributed by atoms with Crippen LogP contribution in [-0.4, -0.2) is 25.2 Å². The van der Waals surface area contributed by atoms with Gasteiger partial charge in [0.2, 0.25) is 0 Å². The Hall–Kier alpha value is -2.49. The van der Waals surface area contributed by atoms with E-state index in [1.54, 1.807) is 6.92 Å². The van der Waals surface area contributed by atoms with Crippen LogP contribution in [0.5, 0.6) is 11.5 Å². The van der Waals surface area contributed by atoms with Crippen molar-refractivity contribution >= 4 is 5.91 Å². The van der Waals surface area contributed by atoms with Gasteiger partial charge >= 0.3 is 0 Å². The highest BCUT2D eigenvalue weighted by molar-refractivity contribution is 5.80. The first kappa shape index (κ1) is 18.8. The number of benzene rings is 2. The molecule has 0 bridgehead atoms. The standard InChI is InChI=1S/C21H27NO3/c1-14-6-8-16(3)19(12-14)24-11-10-22-21(23)18(5)25-20-13-15(2)7-9-17(20)4/h6-9,12-13,18H,10-11H2,1-5H3,(H,22,23)/t18-/m1/s1. The lowest BCUT2D eigenvalue weighted by Gasteiger charge is -2.17. The van der Waals surface area contributed by atoms with E-state index in [1.807, 2.05) is 58.0 Å². The van der Waals surface area contributed by atoms with Crippen LogP contribution in [0.25, 0.3) is 0 Å². The second kappa shape index (κ2) is 8.56. The zero-order valence-electron chi connectivity index (χ0n) is 15.7. The molecule has 0 aliphatic carbocycles. The van der Waals surface area contributed by atoms with Gasteiger partial charge in [-0.25, -0.2) is 0 Å². The van der Waals surface area contributed by atoms with Gasteiger partial charge in [-0.2, -0.15) is 0 Å². The number of hydrogen-bond acceptors (Lipinski definition) is 3. The van der Waals surface area contributed by atoms with Crippen molar-refractivity contribution in [2.75, 3.05) is 13.2 Å². The second-order valence-corrected chi connectivity index (χ2v) is 6.44. The van der Waals surface area contributed by atoms with Crippen molar-refractivity contribution in [3.63, 3.8) is 0 Å². The number of hydrogen-bond donors (Lipinski definition) is 1.